The summed E-state index contributed by atoms with van der Waals surface area (Å²) in [6, 6.07) is 25.8. The lowest BCUT2D eigenvalue weighted by atomic mass is 10.0. The monoisotopic (exact) mass is 438 g/mol. The molecule has 1 N–H and O–H groups in total. The van der Waals surface area contributed by atoms with Gasteiger partial charge < -0.3 is 10.2 Å². The number of carbonyl (C=O) groups is 1. The van der Waals surface area contributed by atoms with Crippen molar-refractivity contribution in [1.29, 1.82) is 5.26 Å². The van der Waals surface area contributed by atoms with Gasteiger partial charge in [0, 0.05) is 37.6 Å². The van der Waals surface area contributed by atoms with Crippen LogP contribution >= 0.6 is 0 Å². The minimum Gasteiger partial charge on any atom is -0.370 e. The average Bonchev–Trinajstić information content (AvgIpc) is 3.08. The average molecular weight is 439 g/mol. The molecule has 0 aliphatic carbocycles. The number of hydrogen-bond acceptors (Lipinski definition) is 4. The fraction of sp³-hybridized carbons (Fsp3) is 0.286. The van der Waals surface area contributed by atoms with Crippen molar-refractivity contribution in [1.82, 2.24) is 4.90 Å². The fourth-order valence-corrected chi connectivity index (χ4v) is 4.44. The van der Waals surface area contributed by atoms with Gasteiger partial charge in [-0.1, -0.05) is 42.5 Å². The van der Waals surface area contributed by atoms with Crippen molar-refractivity contribution in [3.05, 3.63) is 95.1 Å². The van der Waals surface area contributed by atoms with Crippen LogP contribution in [0.5, 0.6) is 0 Å². The lowest BCUT2D eigenvalue weighted by Crippen LogP contribution is -2.39. The van der Waals surface area contributed by atoms with E-state index in [9.17, 15) is 4.79 Å². The minimum absolute atomic E-state index is 0.00160. The molecule has 3 aromatic carbocycles. The predicted molar refractivity (Wildman–Crippen MR) is 133 cm³/mol. The van der Waals surface area contributed by atoms with Gasteiger partial charge in [0.2, 0.25) is 5.91 Å². The van der Waals surface area contributed by atoms with E-state index in [1.54, 1.807) is 0 Å². The van der Waals surface area contributed by atoms with Crippen molar-refractivity contribution in [2.75, 3.05) is 36.4 Å². The number of nitrogens with zero attached hydrogens (tertiary/aromatic N) is 3. The number of amides is 1. The van der Waals surface area contributed by atoms with Crippen molar-refractivity contribution in [3.8, 4) is 6.07 Å². The Kier molecular flexibility index (Phi) is 7.07. The van der Waals surface area contributed by atoms with Crippen molar-refractivity contribution >= 4 is 17.3 Å². The molecule has 4 rings (SSSR count). The summed E-state index contributed by atoms with van der Waals surface area (Å²) in [5.41, 5.74) is 5.85. The van der Waals surface area contributed by atoms with Crippen LogP contribution in [0.25, 0.3) is 0 Å². The van der Waals surface area contributed by atoms with Gasteiger partial charge in [-0.2, -0.15) is 5.26 Å². The Bertz CT molecular complexity index is 1130. The number of rotatable bonds is 5. The van der Waals surface area contributed by atoms with Crippen molar-refractivity contribution in [2.45, 2.75) is 26.3 Å². The second-order valence-corrected chi connectivity index (χ2v) is 8.66. The Morgan fingerprint density at radius 2 is 1.70 bits per heavy atom. The molecule has 5 heteroatoms. The normalized spacial score (nSPS) is 15.4. The Hall–Kier alpha value is -3.62. The molecule has 1 fully saturated rings. The molecule has 1 saturated heterocycles. The summed E-state index contributed by atoms with van der Waals surface area (Å²) in [5.74, 6) is 0.00160. The van der Waals surface area contributed by atoms with Gasteiger partial charge in [0.25, 0.3) is 0 Å². The van der Waals surface area contributed by atoms with Crippen LogP contribution in [0, 0.1) is 25.2 Å². The number of nitrogens with one attached hydrogen (secondary N) is 1. The van der Waals surface area contributed by atoms with E-state index >= 15 is 0 Å². The molecule has 1 amide bonds. The molecule has 1 unspecified atom stereocenters. The van der Waals surface area contributed by atoms with Gasteiger partial charge in [-0.25, -0.2) is 0 Å². The highest BCUT2D eigenvalue weighted by molar-refractivity contribution is 5.96. The zero-order chi connectivity index (χ0) is 23.2. The molecule has 0 bridgehead atoms. The van der Waals surface area contributed by atoms with Crippen LogP contribution in [0.2, 0.25) is 0 Å². The molecule has 1 atom stereocenters. The molecule has 168 valence electrons. The number of anilines is 2. The molecule has 1 heterocycles. The largest absolute Gasteiger partial charge is 0.370 e. The summed E-state index contributed by atoms with van der Waals surface area (Å²) >= 11 is 0. The Balaban J connectivity index is 1.55. The Morgan fingerprint density at radius 3 is 2.42 bits per heavy atom. The third-order valence-corrected chi connectivity index (χ3v) is 6.27. The maximum atomic E-state index is 13.6. The molecule has 1 aliphatic rings. The van der Waals surface area contributed by atoms with Crippen molar-refractivity contribution < 1.29 is 4.79 Å². The van der Waals surface area contributed by atoms with Gasteiger partial charge in [-0.15, -0.1) is 0 Å². The maximum Gasteiger partial charge on any atom is 0.246 e. The van der Waals surface area contributed by atoms with Crippen LogP contribution in [0.15, 0.2) is 72.8 Å². The van der Waals surface area contributed by atoms with Crippen LogP contribution in [0.3, 0.4) is 0 Å². The first kappa shape index (κ1) is 22.6. The molecular weight excluding hydrogens is 408 g/mol. The highest BCUT2D eigenvalue weighted by atomic mass is 16.2. The maximum absolute atomic E-state index is 13.6. The van der Waals surface area contributed by atoms with Gasteiger partial charge in [-0.3, -0.25) is 9.69 Å². The Morgan fingerprint density at radius 1 is 0.939 bits per heavy atom. The summed E-state index contributed by atoms with van der Waals surface area (Å²) in [6.45, 7) is 7.42. The molecule has 0 saturated carbocycles. The predicted octanol–water partition coefficient (Wildman–Crippen LogP) is 5.07. The summed E-state index contributed by atoms with van der Waals surface area (Å²) in [4.78, 5) is 18.2. The summed E-state index contributed by atoms with van der Waals surface area (Å²) < 4.78 is 0. The highest BCUT2D eigenvalue weighted by Gasteiger charge is 2.29. The van der Waals surface area contributed by atoms with E-state index < -0.39 is 0 Å². The second kappa shape index (κ2) is 10.3. The molecule has 0 spiro atoms. The van der Waals surface area contributed by atoms with Crippen LogP contribution < -0.4 is 10.2 Å². The van der Waals surface area contributed by atoms with Gasteiger partial charge in [0.1, 0.15) is 6.04 Å². The standard InChI is InChI=1S/C28H30N4O/c1-21-9-10-22(2)26(19-21)30-28(33)27(24-7-4-3-5-8-24)32-16-6-15-31(17-18-32)25-13-11-23(20-29)12-14-25/h3-5,7-14,19,27H,6,15-18H2,1-2H3,(H,30,33). The molecule has 0 radical (unpaired) electrons. The first-order valence-electron chi connectivity index (χ1n) is 11.5. The van der Waals surface area contributed by atoms with E-state index in [1.807, 2.05) is 80.6 Å². The lowest BCUT2D eigenvalue weighted by Gasteiger charge is -2.30. The quantitative estimate of drug-likeness (QED) is 0.604. The van der Waals surface area contributed by atoms with E-state index in [1.165, 1.54) is 0 Å². The van der Waals surface area contributed by atoms with E-state index in [2.05, 4.69) is 27.3 Å². The fourth-order valence-electron chi connectivity index (χ4n) is 4.44. The second-order valence-electron chi connectivity index (χ2n) is 8.66. The number of aryl methyl sites for hydroxylation is 2. The van der Waals surface area contributed by atoms with E-state index in [0.717, 1.165) is 60.7 Å². The minimum atomic E-state index is -0.355. The highest BCUT2D eigenvalue weighted by Crippen LogP contribution is 2.27. The zero-order valence-corrected chi connectivity index (χ0v) is 19.3. The summed E-state index contributed by atoms with van der Waals surface area (Å²) in [5, 5.41) is 12.3. The van der Waals surface area contributed by atoms with Gasteiger partial charge in [0.05, 0.1) is 11.6 Å². The number of benzene rings is 3. The topological polar surface area (TPSA) is 59.4 Å². The first-order valence-corrected chi connectivity index (χ1v) is 11.5. The number of carbonyl (C=O) groups excluding carboxylic acids is 1. The number of hydrogen-bond donors (Lipinski definition) is 1. The summed E-state index contributed by atoms with van der Waals surface area (Å²) in [7, 11) is 0. The molecule has 3 aromatic rings. The third-order valence-electron chi connectivity index (χ3n) is 6.27. The zero-order valence-electron chi connectivity index (χ0n) is 19.3. The van der Waals surface area contributed by atoms with Crippen molar-refractivity contribution in [2.24, 2.45) is 0 Å². The number of nitriles is 1. The van der Waals surface area contributed by atoms with E-state index in [-0.39, 0.29) is 11.9 Å². The van der Waals surface area contributed by atoms with E-state index in [4.69, 9.17) is 5.26 Å². The smallest absolute Gasteiger partial charge is 0.246 e. The molecule has 1 aliphatic heterocycles. The third kappa shape index (κ3) is 5.42. The van der Waals surface area contributed by atoms with Crippen LogP contribution in [0.1, 0.15) is 34.7 Å². The van der Waals surface area contributed by atoms with Gasteiger partial charge >= 0.3 is 0 Å². The van der Waals surface area contributed by atoms with Gasteiger partial charge in [-0.05, 0) is 67.3 Å². The van der Waals surface area contributed by atoms with Crippen LogP contribution in [-0.4, -0.2) is 37.0 Å². The van der Waals surface area contributed by atoms with Crippen LogP contribution in [-0.2, 0) is 4.79 Å². The van der Waals surface area contributed by atoms with Crippen molar-refractivity contribution in [3.63, 3.8) is 0 Å². The first-order chi connectivity index (χ1) is 16.0. The molecule has 33 heavy (non-hydrogen) atoms. The lowest BCUT2D eigenvalue weighted by molar-refractivity contribution is -0.121. The Labute approximate surface area is 196 Å². The van der Waals surface area contributed by atoms with Crippen LogP contribution in [0.4, 0.5) is 11.4 Å². The molecular formula is C28H30N4O. The molecule has 5 nitrogen and oxygen atoms in total. The summed E-state index contributed by atoms with van der Waals surface area (Å²) in [6.07, 6.45) is 0.958. The van der Waals surface area contributed by atoms with E-state index in [0.29, 0.717) is 5.56 Å². The molecule has 0 aromatic heterocycles. The SMILES string of the molecule is Cc1ccc(C)c(NC(=O)C(c2ccccc2)N2CCCN(c3ccc(C#N)cc3)CC2)c1. The van der Waals surface area contributed by atoms with Gasteiger partial charge in [0.15, 0.2) is 0 Å².